The smallest absolute Gasteiger partial charge is 0.151 e. The summed E-state index contributed by atoms with van der Waals surface area (Å²) in [7, 11) is 1.84. The van der Waals surface area contributed by atoms with Crippen LogP contribution in [0.2, 0.25) is 0 Å². The second kappa shape index (κ2) is 5.68. The number of aromatic nitrogens is 4. The molecule has 2 aromatic heterocycles. The molecule has 0 aliphatic carbocycles. The normalized spacial score (nSPS) is 12.6. The van der Waals surface area contributed by atoms with Crippen molar-refractivity contribution >= 4 is 0 Å². The highest BCUT2D eigenvalue weighted by molar-refractivity contribution is 5.14. The summed E-state index contributed by atoms with van der Waals surface area (Å²) in [5.74, 6) is 0.488. The third-order valence-electron chi connectivity index (χ3n) is 2.67. The zero-order valence-electron chi connectivity index (χ0n) is 10.5. The Hall–Kier alpha value is -1.82. The first-order chi connectivity index (χ1) is 8.65. The highest BCUT2D eigenvalue weighted by Gasteiger charge is 2.06. The molecule has 0 radical (unpaired) electrons. The standard InChI is InChI=1S/C12H16FN5/c1-9(10-5-11(13)7-14-6-10)15-4-3-12-16-8-18(2)17-12/h5-9,15H,3-4H2,1-2H3. The number of nitrogens with zero attached hydrogens (tertiary/aromatic N) is 4. The van der Waals surface area contributed by atoms with Crippen molar-refractivity contribution in [2.24, 2.45) is 7.05 Å². The second-order valence-electron chi connectivity index (χ2n) is 4.20. The predicted octanol–water partition coefficient (Wildman–Crippen LogP) is 1.24. The molecule has 6 heteroatoms. The van der Waals surface area contributed by atoms with Crippen LogP contribution < -0.4 is 5.32 Å². The third kappa shape index (κ3) is 3.33. The van der Waals surface area contributed by atoms with Crippen LogP contribution in [0.5, 0.6) is 0 Å². The maximum Gasteiger partial charge on any atom is 0.151 e. The lowest BCUT2D eigenvalue weighted by molar-refractivity contribution is 0.557. The molecule has 5 nitrogen and oxygen atoms in total. The van der Waals surface area contributed by atoms with Gasteiger partial charge in [0.25, 0.3) is 0 Å². The Morgan fingerprint density at radius 3 is 2.94 bits per heavy atom. The van der Waals surface area contributed by atoms with E-state index in [1.165, 1.54) is 12.3 Å². The SMILES string of the molecule is CC(NCCc1ncn(C)n1)c1cncc(F)c1. The van der Waals surface area contributed by atoms with Crippen molar-refractivity contribution in [2.75, 3.05) is 6.54 Å². The lowest BCUT2D eigenvalue weighted by Crippen LogP contribution is -2.22. The minimum atomic E-state index is -0.312. The fraction of sp³-hybridized carbons (Fsp3) is 0.417. The van der Waals surface area contributed by atoms with Crippen LogP contribution in [-0.2, 0) is 13.5 Å². The van der Waals surface area contributed by atoms with Gasteiger partial charge < -0.3 is 5.32 Å². The maximum atomic E-state index is 13.0. The molecular formula is C12H16FN5. The van der Waals surface area contributed by atoms with E-state index in [0.717, 1.165) is 24.4 Å². The van der Waals surface area contributed by atoms with E-state index in [9.17, 15) is 4.39 Å². The number of aryl methyl sites for hydroxylation is 1. The summed E-state index contributed by atoms with van der Waals surface area (Å²) in [4.78, 5) is 7.97. The van der Waals surface area contributed by atoms with Crippen molar-refractivity contribution in [1.29, 1.82) is 0 Å². The van der Waals surface area contributed by atoms with E-state index in [-0.39, 0.29) is 11.9 Å². The van der Waals surface area contributed by atoms with E-state index >= 15 is 0 Å². The van der Waals surface area contributed by atoms with Crippen LogP contribution in [0.3, 0.4) is 0 Å². The van der Waals surface area contributed by atoms with Crippen molar-refractivity contribution in [3.63, 3.8) is 0 Å². The molecule has 0 saturated carbocycles. The largest absolute Gasteiger partial charge is 0.310 e. The number of pyridine rings is 1. The molecule has 0 spiro atoms. The highest BCUT2D eigenvalue weighted by atomic mass is 19.1. The number of hydrogen-bond donors (Lipinski definition) is 1. The summed E-state index contributed by atoms with van der Waals surface area (Å²) in [6.45, 7) is 2.71. The Kier molecular flexibility index (Phi) is 3.99. The molecule has 18 heavy (non-hydrogen) atoms. The molecule has 0 aromatic carbocycles. The fourth-order valence-corrected chi connectivity index (χ4v) is 1.68. The quantitative estimate of drug-likeness (QED) is 0.866. The van der Waals surface area contributed by atoms with Crippen LogP contribution in [0.25, 0.3) is 0 Å². The molecule has 0 fully saturated rings. The maximum absolute atomic E-state index is 13.0. The molecule has 1 atom stereocenters. The Morgan fingerprint density at radius 1 is 1.44 bits per heavy atom. The van der Waals surface area contributed by atoms with Gasteiger partial charge in [0.05, 0.1) is 6.20 Å². The van der Waals surface area contributed by atoms with Crippen LogP contribution in [0.4, 0.5) is 4.39 Å². The van der Waals surface area contributed by atoms with Crippen molar-refractivity contribution in [2.45, 2.75) is 19.4 Å². The van der Waals surface area contributed by atoms with Gasteiger partial charge in [-0.1, -0.05) is 0 Å². The lowest BCUT2D eigenvalue weighted by Gasteiger charge is -2.12. The van der Waals surface area contributed by atoms with Crippen LogP contribution in [0.15, 0.2) is 24.8 Å². The van der Waals surface area contributed by atoms with E-state index in [0.29, 0.717) is 0 Å². The van der Waals surface area contributed by atoms with Gasteiger partial charge in [-0.25, -0.2) is 9.37 Å². The summed E-state index contributed by atoms with van der Waals surface area (Å²) in [6, 6.07) is 1.54. The van der Waals surface area contributed by atoms with E-state index in [4.69, 9.17) is 0 Å². The average Bonchev–Trinajstić information content (AvgIpc) is 2.75. The molecule has 0 aliphatic rings. The minimum Gasteiger partial charge on any atom is -0.310 e. The molecule has 2 aromatic rings. The zero-order valence-corrected chi connectivity index (χ0v) is 10.5. The van der Waals surface area contributed by atoms with Gasteiger partial charge in [-0.2, -0.15) is 5.10 Å². The summed E-state index contributed by atoms with van der Waals surface area (Å²) in [5.41, 5.74) is 0.837. The van der Waals surface area contributed by atoms with Gasteiger partial charge in [0.1, 0.15) is 12.1 Å². The van der Waals surface area contributed by atoms with E-state index in [1.54, 1.807) is 17.2 Å². The molecule has 0 amide bonds. The molecule has 0 saturated heterocycles. The van der Waals surface area contributed by atoms with E-state index in [1.807, 2.05) is 14.0 Å². The molecule has 96 valence electrons. The lowest BCUT2D eigenvalue weighted by atomic mass is 10.1. The number of nitrogens with one attached hydrogen (secondary N) is 1. The van der Waals surface area contributed by atoms with Gasteiger partial charge in [0.15, 0.2) is 5.82 Å². The highest BCUT2D eigenvalue weighted by Crippen LogP contribution is 2.11. The van der Waals surface area contributed by atoms with Gasteiger partial charge in [0, 0.05) is 32.3 Å². The predicted molar refractivity (Wildman–Crippen MR) is 65.3 cm³/mol. The van der Waals surface area contributed by atoms with Crippen LogP contribution in [-0.4, -0.2) is 26.3 Å². The van der Waals surface area contributed by atoms with Crippen molar-refractivity contribution in [3.8, 4) is 0 Å². The van der Waals surface area contributed by atoms with Crippen molar-refractivity contribution < 1.29 is 4.39 Å². The molecule has 1 N–H and O–H groups in total. The average molecular weight is 249 g/mol. The molecule has 0 bridgehead atoms. The monoisotopic (exact) mass is 249 g/mol. The van der Waals surface area contributed by atoms with Crippen LogP contribution in [0, 0.1) is 5.82 Å². The molecule has 0 aliphatic heterocycles. The zero-order chi connectivity index (χ0) is 13.0. The van der Waals surface area contributed by atoms with Gasteiger partial charge in [-0.05, 0) is 18.6 Å². The Labute approximate surface area is 105 Å². The molecule has 1 unspecified atom stereocenters. The summed E-state index contributed by atoms with van der Waals surface area (Å²) in [5, 5.41) is 7.48. The Balaban J connectivity index is 1.83. The Morgan fingerprint density at radius 2 is 2.28 bits per heavy atom. The molecule has 2 heterocycles. The summed E-state index contributed by atoms with van der Waals surface area (Å²) in [6.07, 6.45) is 5.29. The second-order valence-corrected chi connectivity index (χ2v) is 4.20. The molecular weight excluding hydrogens is 233 g/mol. The summed E-state index contributed by atoms with van der Waals surface area (Å²) < 4.78 is 14.7. The van der Waals surface area contributed by atoms with Crippen molar-refractivity contribution in [1.82, 2.24) is 25.1 Å². The first-order valence-electron chi connectivity index (χ1n) is 5.83. The van der Waals surface area contributed by atoms with Crippen LogP contribution >= 0.6 is 0 Å². The summed E-state index contributed by atoms with van der Waals surface area (Å²) >= 11 is 0. The first-order valence-corrected chi connectivity index (χ1v) is 5.83. The van der Waals surface area contributed by atoms with Crippen LogP contribution in [0.1, 0.15) is 24.4 Å². The van der Waals surface area contributed by atoms with Gasteiger partial charge in [0.2, 0.25) is 0 Å². The number of rotatable bonds is 5. The van der Waals surface area contributed by atoms with E-state index < -0.39 is 0 Å². The van der Waals surface area contributed by atoms with Gasteiger partial charge in [-0.15, -0.1) is 0 Å². The first kappa shape index (κ1) is 12.6. The third-order valence-corrected chi connectivity index (χ3v) is 2.67. The number of hydrogen-bond acceptors (Lipinski definition) is 4. The topological polar surface area (TPSA) is 55.6 Å². The fourth-order valence-electron chi connectivity index (χ4n) is 1.68. The number of halogens is 1. The van der Waals surface area contributed by atoms with Gasteiger partial charge >= 0.3 is 0 Å². The van der Waals surface area contributed by atoms with Crippen molar-refractivity contribution in [3.05, 3.63) is 42.0 Å². The minimum absolute atomic E-state index is 0.0527. The Bertz CT molecular complexity index is 511. The van der Waals surface area contributed by atoms with Gasteiger partial charge in [-0.3, -0.25) is 9.67 Å². The molecule has 2 rings (SSSR count). The van der Waals surface area contributed by atoms with E-state index in [2.05, 4.69) is 20.4 Å².